The van der Waals surface area contributed by atoms with E-state index in [0.29, 0.717) is 6.04 Å². The van der Waals surface area contributed by atoms with Crippen LogP contribution < -0.4 is 5.32 Å². The molecule has 1 aliphatic rings. The van der Waals surface area contributed by atoms with Gasteiger partial charge in [0, 0.05) is 25.5 Å². The Labute approximate surface area is 101 Å². The van der Waals surface area contributed by atoms with Gasteiger partial charge in [-0.1, -0.05) is 0 Å². The predicted octanol–water partition coefficient (Wildman–Crippen LogP) is 1.56. The number of aryl methyl sites for hydroxylation is 1. The topological polar surface area (TPSA) is 56.1 Å². The van der Waals surface area contributed by atoms with Crippen molar-refractivity contribution in [2.75, 3.05) is 12.4 Å². The number of ether oxygens (including phenoxy) is 1. The maximum atomic E-state index is 11.4. The molecule has 1 aromatic rings. The minimum atomic E-state index is -0.0690. The second kappa shape index (κ2) is 5.21. The third kappa shape index (κ3) is 2.78. The Kier molecular flexibility index (Phi) is 3.66. The molecule has 1 fully saturated rings. The number of hydrogen-bond acceptors (Lipinski definition) is 4. The number of hydrogen-bond donors (Lipinski definition) is 1. The first-order chi connectivity index (χ1) is 8.20. The number of aromatic nitrogens is 2. The molecular formula is C12H19N3O2. The van der Waals surface area contributed by atoms with Crippen molar-refractivity contribution in [2.45, 2.75) is 31.7 Å². The van der Waals surface area contributed by atoms with Gasteiger partial charge in [-0.25, -0.2) is 4.98 Å². The fourth-order valence-electron chi connectivity index (χ4n) is 2.33. The van der Waals surface area contributed by atoms with E-state index in [1.54, 1.807) is 6.20 Å². The van der Waals surface area contributed by atoms with E-state index in [0.717, 1.165) is 31.6 Å². The Morgan fingerprint density at radius 2 is 2.18 bits per heavy atom. The van der Waals surface area contributed by atoms with Crippen LogP contribution in [-0.4, -0.2) is 28.7 Å². The van der Waals surface area contributed by atoms with E-state index in [2.05, 4.69) is 10.3 Å². The first kappa shape index (κ1) is 12.0. The van der Waals surface area contributed by atoms with Crippen LogP contribution in [0.4, 0.5) is 5.95 Å². The van der Waals surface area contributed by atoms with Gasteiger partial charge in [0.15, 0.2) is 0 Å². The van der Waals surface area contributed by atoms with Crippen molar-refractivity contribution in [3.05, 3.63) is 12.4 Å². The Morgan fingerprint density at radius 3 is 2.71 bits per heavy atom. The summed E-state index contributed by atoms with van der Waals surface area (Å²) in [6, 6.07) is 0.414. The largest absolute Gasteiger partial charge is 0.469 e. The summed E-state index contributed by atoms with van der Waals surface area (Å²) in [6.07, 6.45) is 7.48. The van der Waals surface area contributed by atoms with Crippen molar-refractivity contribution >= 4 is 11.9 Å². The molecule has 0 unspecified atom stereocenters. The Hall–Kier alpha value is -1.52. The number of carbonyl (C=O) groups is 1. The van der Waals surface area contributed by atoms with Crippen molar-refractivity contribution in [3.8, 4) is 0 Å². The molecular weight excluding hydrogens is 218 g/mol. The number of imidazole rings is 1. The Morgan fingerprint density at radius 1 is 1.47 bits per heavy atom. The number of carbonyl (C=O) groups excluding carboxylic acids is 1. The second-order valence-corrected chi connectivity index (χ2v) is 4.58. The summed E-state index contributed by atoms with van der Waals surface area (Å²) in [6.45, 7) is 0. The molecule has 1 saturated carbocycles. The highest BCUT2D eigenvalue weighted by Crippen LogP contribution is 2.26. The highest BCUT2D eigenvalue weighted by atomic mass is 16.5. The van der Waals surface area contributed by atoms with Crippen molar-refractivity contribution in [1.82, 2.24) is 9.55 Å². The maximum absolute atomic E-state index is 11.4. The lowest BCUT2D eigenvalue weighted by molar-refractivity contribution is -0.146. The third-order valence-corrected chi connectivity index (χ3v) is 3.42. The highest BCUT2D eigenvalue weighted by Gasteiger charge is 2.27. The van der Waals surface area contributed by atoms with E-state index in [1.165, 1.54) is 7.11 Å². The lowest BCUT2D eigenvalue weighted by Crippen LogP contribution is -2.30. The van der Waals surface area contributed by atoms with Crippen molar-refractivity contribution in [1.29, 1.82) is 0 Å². The summed E-state index contributed by atoms with van der Waals surface area (Å²) in [5.74, 6) is 0.909. The van der Waals surface area contributed by atoms with Gasteiger partial charge in [0.2, 0.25) is 5.95 Å². The molecule has 0 aliphatic heterocycles. The van der Waals surface area contributed by atoms with Gasteiger partial charge in [-0.15, -0.1) is 0 Å². The van der Waals surface area contributed by atoms with E-state index in [-0.39, 0.29) is 11.9 Å². The quantitative estimate of drug-likeness (QED) is 0.811. The van der Waals surface area contributed by atoms with Crippen molar-refractivity contribution in [2.24, 2.45) is 13.0 Å². The maximum Gasteiger partial charge on any atom is 0.308 e. The number of esters is 1. The van der Waals surface area contributed by atoms with Crippen LogP contribution in [0.3, 0.4) is 0 Å². The summed E-state index contributed by atoms with van der Waals surface area (Å²) in [4.78, 5) is 15.6. The van der Waals surface area contributed by atoms with Crippen LogP contribution in [0.15, 0.2) is 12.4 Å². The molecule has 0 saturated heterocycles. The van der Waals surface area contributed by atoms with E-state index in [9.17, 15) is 4.79 Å². The van der Waals surface area contributed by atoms with Crippen molar-refractivity contribution < 1.29 is 9.53 Å². The van der Waals surface area contributed by atoms with E-state index < -0.39 is 0 Å². The summed E-state index contributed by atoms with van der Waals surface area (Å²) >= 11 is 0. The van der Waals surface area contributed by atoms with E-state index in [4.69, 9.17) is 4.74 Å². The lowest BCUT2D eigenvalue weighted by atomic mass is 9.86. The second-order valence-electron chi connectivity index (χ2n) is 4.58. The molecule has 0 spiro atoms. The van der Waals surface area contributed by atoms with Crippen molar-refractivity contribution in [3.63, 3.8) is 0 Å². The van der Waals surface area contributed by atoms with Gasteiger partial charge in [0.05, 0.1) is 13.0 Å². The zero-order valence-corrected chi connectivity index (χ0v) is 10.3. The molecule has 1 heterocycles. The number of methoxy groups -OCH3 is 1. The summed E-state index contributed by atoms with van der Waals surface area (Å²) in [5, 5.41) is 3.41. The molecule has 0 amide bonds. The minimum absolute atomic E-state index is 0.0690. The lowest BCUT2D eigenvalue weighted by Gasteiger charge is -2.27. The molecule has 0 atom stereocenters. The molecule has 1 N–H and O–H groups in total. The normalized spacial score (nSPS) is 24.4. The fraction of sp³-hybridized carbons (Fsp3) is 0.667. The van der Waals surface area contributed by atoms with Gasteiger partial charge in [-0.3, -0.25) is 4.79 Å². The van der Waals surface area contributed by atoms with Crippen LogP contribution >= 0.6 is 0 Å². The third-order valence-electron chi connectivity index (χ3n) is 3.42. The van der Waals surface area contributed by atoms with Gasteiger partial charge in [0.1, 0.15) is 0 Å². The average Bonchev–Trinajstić information content (AvgIpc) is 2.75. The standard InChI is InChI=1S/C12H19N3O2/c1-15-8-7-13-12(15)14-10-5-3-9(4-6-10)11(16)17-2/h7-10H,3-6H2,1-2H3,(H,13,14). The molecule has 5 nitrogen and oxygen atoms in total. The zero-order valence-electron chi connectivity index (χ0n) is 10.3. The summed E-state index contributed by atoms with van der Waals surface area (Å²) < 4.78 is 6.74. The first-order valence-electron chi connectivity index (χ1n) is 6.02. The molecule has 0 radical (unpaired) electrons. The number of rotatable bonds is 3. The Balaban J connectivity index is 1.83. The van der Waals surface area contributed by atoms with Gasteiger partial charge >= 0.3 is 5.97 Å². The molecule has 1 aromatic heterocycles. The molecule has 5 heteroatoms. The van der Waals surface area contributed by atoms with Crippen LogP contribution in [0.1, 0.15) is 25.7 Å². The number of nitrogens with zero attached hydrogens (tertiary/aromatic N) is 2. The molecule has 2 rings (SSSR count). The highest BCUT2D eigenvalue weighted by molar-refractivity contribution is 5.72. The smallest absolute Gasteiger partial charge is 0.308 e. The summed E-state index contributed by atoms with van der Waals surface area (Å²) in [5.41, 5.74) is 0. The fourth-order valence-corrected chi connectivity index (χ4v) is 2.33. The molecule has 0 bridgehead atoms. The van der Waals surface area contributed by atoms with Crippen LogP contribution in [0.25, 0.3) is 0 Å². The van der Waals surface area contributed by atoms with Crippen LogP contribution in [0, 0.1) is 5.92 Å². The van der Waals surface area contributed by atoms with Gasteiger partial charge in [-0.05, 0) is 25.7 Å². The molecule has 1 aliphatic carbocycles. The number of nitrogens with one attached hydrogen (secondary N) is 1. The molecule has 0 aromatic carbocycles. The van der Waals surface area contributed by atoms with Crippen LogP contribution in [0.5, 0.6) is 0 Å². The van der Waals surface area contributed by atoms with Crippen LogP contribution in [-0.2, 0) is 16.6 Å². The van der Waals surface area contributed by atoms with Crippen LogP contribution in [0.2, 0.25) is 0 Å². The van der Waals surface area contributed by atoms with Gasteiger partial charge in [-0.2, -0.15) is 0 Å². The zero-order chi connectivity index (χ0) is 12.3. The molecule has 17 heavy (non-hydrogen) atoms. The monoisotopic (exact) mass is 237 g/mol. The number of anilines is 1. The predicted molar refractivity (Wildman–Crippen MR) is 64.6 cm³/mol. The summed E-state index contributed by atoms with van der Waals surface area (Å²) in [7, 11) is 3.43. The van der Waals surface area contributed by atoms with E-state index in [1.807, 2.05) is 17.8 Å². The van der Waals surface area contributed by atoms with Gasteiger partial charge < -0.3 is 14.6 Å². The minimum Gasteiger partial charge on any atom is -0.469 e. The first-order valence-corrected chi connectivity index (χ1v) is 6.02. The average molecular weight is 237 g/mol. The van der Waals surface area contributed by atoms with Gasteiger partial charge in [0.25, 0.3) is 0 Å². The molecule has 94 valence electrons. The SMILES string of the molecule is COC(=O)C1CCC(Nc2nccn2C)CC1. The Bertz CT molecular complexity index is 381. The van der Waals surface area contributed by atoms with E-state index >= 15 is 0 Å².